The van der Waals surface area contributed by atoms with Gasteiger partial charge in [0.2, 0.25) is 5.91 Å². The Bertz CT molecular complexity index is 390. The number of hydrogen-bond donors (Lipinski definition) is 2. The third-order valence-electron chi connectivity index (χ3n) is 2.82. The van der Waals surface area contributed by atoms with Gasteiger partial charge in [0.25, 0.3) is 0 Å². The number of nitrogens with one attached hydrogen (secondary N) is 1. The Morgan fingerprint density at radius 3 is 2.71 bits per heavy atom. The van der Waals surface area contributed by atoms with Crippen LogP contribution < -0.4 is 11.1 Å². The van der Waals surface area contributed by atoms with Crippen molar-refractivity contribution in [1.29, 1.82) is 0 Å². The Morgan fingerprint density at radius 2 is 2.18 bits per heavy atom. The Morgan fingerprint density at radius 1 is 1.47 bits per heavy atom. The quantitative estimate of drug-likeness (QED) is 0.855. The van der Waals surface area contributed by atoms with Crippen LogP contribution in [0, 0.1) is 5.82 Å². The zero-order valence-corrected chi connectivity index (χ0v) is 10.2. The molecule has 1 aliphatic heterocycles. The molecule has 1 heterocycles. The minimum absolute atomic E-state index is 0.308. The van der Waals surface area contributed by atoms with Crippen LogP contribution in [0.1, 0.15) is 18.0 Å². The molecule has 5 heteroatoms. The number of benzene rings is 1. The van der Waals surface area contributed by atoms with Gasteiger partial charge in [-0.25, -0.2) is 4.39 Å². The predicted octanol–water partition coefficient (Wildman–Crippen LogP) is 1.45. The Kier molecular flexibility index (Phi) is 4.02. The molecule has 1 aromatic rings. The molecular formula is C12H15FN2OS. The zero-order chi connectivity index (χ0) is 12.3. The predicted molar refractivity (Wildman–Crippen MR) is 67.2 cm³/mol. The van der Waals surface area contributed by atoms with Crippen LogP contribution in [0.4, 0.5) is 4.39 Å². The van der Waals surface area contributed by atoms with Crippen LogP contribution in [-0.2, 0) is 4.79 Å². The molecule has 1 fully saturated rings. The fourth-order valence-electron chi connectivity index (χ4n) is 1.90. The van der Waals surface area contributed by atoms with Gasteiger partial charge in [-0.2, -0.15) is 11.8 Å². The maximum absolute atomic E-state index is 12.8. The highest BCUT2D eigenvalue weighted by molar-refractivity contribution is 7.99. The van der Waals surface area contributed by atoms with E-state index in [1.807, 2.05) is 11.8 Å². The highest BCUT2D eigenvalue weighted by atomic mass is 32.2. The number of carbonyl (C=O) groups excluding carboxylic acids is 1. The summed E-state index contributed by atoms with van der Waals surface area (Å²) in [6.07, 6.45) is 1.04. The molecule has 0 radical (unpaired) electrons. The van der Waals surface area contributed by atoms with E-state index in [1.54, 1.807) is 12.1 Å². The van der Waals surface area contributed by atoms with Gasteiger partial charge in [-0.1, -0.05) is 12.1 Å². The fraction of sp³-hybridized carbons (Fsp3) is 0.417. The molecule has 0 unspecified atom stereocenters. The molecule has 2 rings (SSSR count). The summed E-state index contributed by atoms with van der Waals surface area (Å²) < 4.78 is 12.8. The van der Waals surface area contributed by atoms with Crippen molar-refractivity contribution in [3.05, 3.63) is 35.6 Å². The summed E-state index contributed by atoms with van der Waals surface area (Å²) in [5.74, 6) is 1.36. The second-order valence-electron chi connectivity index (χ2n) is 4.11. The normalized spacial score (nSPS) is 21.4. The van der Waals surface area contributed by atoms with E-state index in [9.17, 15) is 9.18 Å². The van der Waals surface area contributed by atoms with Crippen molar-refractivity contribution in [1.82, 2.24) is 5.32 Å². The van der Waals surface area contributed by atoms with E-state index in [0.717, 1.165) is 23.5 Å². The molecule has 1 aromatic carbocycles. The van der Waals surface area contributed by atoms with E-state index >= 15 is 0 Å². The molecule has 92 valence electrons. The Labute approximate surface area is 104 Å². The average molecular weight is 254 g/mol. The Balaban J connectivity index is 2.10. The van der Waals surface area contributed by atoms with E-state index in [-0.39, 0.29) is 5.82 Å². The number of carbonyl (C=O) groups is 1. The second kappa shape index (κ2) is 5.51. The second-order valence-corrected chi connectivity index (χ2v) is 5.26. The number of nitrogens with two attached hydrogens (primary N) is 1. The van der Waals surface area contributed by atoms with Gasteiger partial charge >= 0.3 is 0 Å². The first-order valence-corrected chi connectivity index (χ1v) is 6.71. The smallest absolute Gasteiger partial charge is 0.239 e. The van der Waals surface area contributed by atoms with Crippen molar-refractivity contribution in [2.45, 2.75) is 18.5 Å². The molecule has 0 spiro atoms. The number of halogens is 1. The topological polar surface area (TPSA) is 55.1 Å². The van der Waals surface area contributed by atoms with Gasteiger partial charge in [0.05, 0.1) is 0 Å². The summed E-state index contributed by atoms with van der Waals surface area (Å²) in [6.45, 7) is 0. The van der Waals surface area contributed by atoms with Crippen LogP contribution in [0.3, 0.4) is 0 Å². The van der Waals surface area contributed by atoms with E-state index in [4.69, 9.17) is 5.73 Å². The van der Waals surface area contributed by atoms with E-state index < -0.39 is 11.9 Å². The number of primary amides is 1. The van der Waals surface area contributed by atoms with Crippen LogP contribution in [0.15, 0.2) is 24.3 Å². The molecule has 0 aromatic heterocycles. The van der Waals surface area contributed by atoms with E-state index in [1.165, 1.54) is 12.1 Å². The summed E-state index contributed by atoms with van der Waals surface area (Å²) in [4.78, 5) is 11.4. The van der Waals surface area contributed by atoms with Gasteiger partial charge in [0.1, 0.15) is 11.9 Å². The van der Waals surface area contributed by atoms with Crippen molar-refractivity contribution < 1.29 is 9.18 Å². The minimum Gasteiger partial charge on any atom is -0.368 e. The third-order valence-corrected chi connectivity index (χ3v) is 3.98. The van der Waals surface area contributed by atoms with Crippen LogP contribution in [-0.4, -0.2) is 23.5 Å². The van der Waals surface area contributed by atoms with Gasteiger partial charge in [-0.05, 0) is 29.9 Å². The van der Waals surface area contributed by atoms with Crippen LogP contribution in [0.5, 0.6) is 0 Å². The van der Waals surface area contributed by atoms with Crippen LogP contribution in [0.25, 0.3) is 0 Å². The molecule has 2 atom stereocenters. The van der Waals surface area contributed by atoms with E-state index in [0.29, 0.717) is 6.04 Å². The zero-order valence-electron chi connectivity index (χ0n) is 9.36. The SMILES string of the molecule is NC(=O)[C@@H](N[C@H]1CCSC1)c1ccc(F)cc1. The first-order valence-electron chi connectivity index (χ1n) is 5.55. The highest BCUT2D eigenvalue weighted by Gasteiger charge is 2.24. The summed E-state index contributed by atoms with van der Waals surface area (Å²) >= 11 is 1.86. The van der Waals surface area contributed by atoms with Crippen LogP contribution >= 0.6 is 11.8 Å². The molecule has 17 heavy (non-hydrogen) atoms. The lowest BCUT2D eigenvalue weighted by molar-refractivity contribution is -0.120. The van der Waals surface area contributed by atoms with Crippen molar-refractivity contribution in [3.63, 3.8) is 0 Å². The number of thioether (sulfide) groups is 1. The van der Waals surface area contributed by atoms with Gasteiger partial charge in [-0.15, -0.1) is 0 Å². The standard InChI is InChI=1S/C12H15FN2OS/c13-9-3-1-8(2-4-9)11(12(14)16)15-10-5-6-17-7-10/h1-4,10-11,15H,5-7H2,(H2,14,16)/t10-,11-/m0/s1. The molecule has 1 aliphatic rings. The lowest BCUT2D eigenvalue weighted by Gasteiger charge is -2.20. The van der Waals surface area contributed by atoms with Gasteiger partial charge in [0, 0.05) is 11.8 Å². The third kappa shape index (κ3) is 3.20. The molecule has 1 amide bonds. The number of rotatable bonds is 4. The summed E-state index contributed by atoms with van der Waals surface area (Å²) in [5.41, 5.74) is 6.10. The van der Waals surface area contributed by atoms with Crippen molar-refractivity contribution in [2.75, 3.05) is 11.5 Å². The van der Waals surface area contributed by atoms with Crippen LogP contribution in [0.2, 0.25) is 0 Å². The van der Waals surface area contributed by atoms with Crippen molar-refractivity contribution in [3.8, 4) is 0 Å². The molecule has 3 nitrogen and oxygen atoms in total. The van der Waals surface area contributed by atoms with E-state index in [2.05, 4.69) is 5.32 Å². The molecular weight excluding hydrogens is 239 g/mol. The number of hydrogen-bond acceptors (Lipinski definition) is 3. The molecule has 0 saturated carbocycles. The first kappa shape index (κ1) is 12.4. The summed E-state index contributed by atoms with van der Waals surface area (Å²) in [7, 11) is 0. The van der Waals surface area contributed by atoms with Gasteiger partial charge in [-0.3, -0.25) is 10.1 Å². The minimum atomic E-state index is -0.528. The van der Waals surface area contributed by atoms with Gasteiger partial charge in [0.15, 0.2) is 0 Å². The molecule has 3 N–H and O–H groups in total. The summed E-state index contributed by atoms with van der Waals surface area (Å²) in [5, 5.41) is 3.23. The lowest BCUT2D eigenvalue weighted by atomic mass is 10.0. The monoisotopic (exact) mass is 254 g/mol. The van der Waals surface area contributed by atoms with Crippen molar-refractivity contribution >= 4 is 17.7 Å². The van der Waals surface area contributed by atoms with Crippen molar-refractivity contribution in [2.24, 2.45) is 5.73 Å². The fourth-order valence-corrected chi connectivity index (χ4v) is 3.06. The molecule has 1 saturated heterocycles. The number of amides is 1. The first-order chi connectivity index (χ1) is 8.16. The summed E-state index contributed by atoms with van der Waals surface area (Å²) in [6, 6.07) is 5.66. The maximum Gasteiger partial charge on any atom is 0.239 e. The highest BCUT2D eigenvalue weighted by Crippen LogP contribution is 2.21. The lowest BCUT2D eigenvalue weighted by Crippen LogP contribution is -2.40. The van der Waals surface area contributed by atoms with Gasteiger partial charge < -0.3 is 5.73 Å². The largest absolute Gasteiger partial charge is 0.368 e. The maximum atomic E-state index is 12.8. The average Bonchev–Trinajstić information content (AvgIpc) is 2.80. The molecule has 0 bridgehead atoms. The molecule has 0 aliphatic carbocycles. The Hall–Kier alpha value is -1.07.